The summed E-state index contributed by atoms with van der Waals surface area (Å²) in [4.78, 5) is 21.7. The van der Waals surface area contributed by atoms with E-state index in [0.717, 1.165) is 44.3 Å². The first kappa shape index (κ1) is 17.1. The zero-order valence-electron chi connectivity index (χ0n) is 14.1. The minimum atomic E-state index is -0.0108. The van der Waals surface area contributed by atoms with Crippen molar-refractivity contribution in [3.8, 4) is 0 Å². The number of hydrogen-bond donors (Lipinski definition) is 1. The predicted molar refractivity (Wildman–Crippen MR) is 97.3 cm³/mol. The van der Waals surface area contributed by atoms with Gasteiger partial charge in [0.05, 0.1) is 11.2 Å². The van der Waals surface area contributed by atoms with E-state index < -0.39 is 0 Å². The summed E-state index contributed by atoms with van der Waals surface area (Å²) in [6.45, 7) is 8.81. The number of carbonyl (C=O) groups is 1. The van der Waals surface area contributed by atoms with Gasteiger partial charge in [-0.2, -0.15) is 0 Å². The van der Waals surface area contributed by atoms with Crippen molar-refractivity contribution >= 4 is 17.2 Å². The quantitative estimate of drug-likeness (QED) is 0.871. The number of nitrogens with zero attached hydrogens (tertiary/aromatic N) is 3. The van der Waals surface area contributed by atoms with Gasteiger partial charge in [-0.25, -0.2) is 4.98 Å². The first-order valence-corrected chi connectivity index (χ1v) is 9.21. The van der Waals surface area contributed by atoms with E-state index >= 15 is 0 Å². The maximum Gasteiger partial charge on any atom is 0.263 e. The number of thiazole rings is 1. The van der Waals surface area contributed by atoms with E-state index in [0.29, 0.717) is 11.4 Å². The van der Waals surface area contributed by atoms with E-state index in [4.69, 9.17) is 0 Å². The summed E-state index contributed by atoms with van der Waals surface area (Å²) in [6.07, 6.45) is 1.65. The lowest BCUT2D eigenvalue weighted by Crippen LogP contribution is -2.48. The van der Waals surface area contributed by atoms with E-state index in [1.165, 1.54) is 16.9 Å². The lowest BCUT2D eigenvalue weighted by Gasteiger charge is -2.34. The van der Waals surface area contributed by atoms with Gasteiger partial charge in [-0.15, -0.1) is 11.3 Å². The van der Waals surface area contributed by atoms with Crippen LogP contribution in [0.3, 0.4) is 0 Å². The number of amides is 1. The van der Waals surface area contributed by atoms with Crippen molar-refractivity contribution in [3.63, 3.8) is 0 Å². The Bertz CT molecular complexity index is 650. The molecule has 0 saturated carbocycles. The molecule has 1 fully saturated rings. The van der Waals surface area contributed by atoms with Crippen molar-refractivity contribution in [1.29, 1.82) is 0 Å². The van der Waals surface area contributed by atoms with Crippen LogP contribution in [0.4, 0.5) is 0 Å². The highest BCUT2D eigenvalue weighted by Gasteiger charge is 2.17. The molecule has 0 radical (unpaired) electrons. The molecule has 1 saturated heterocycles. The van der Waals surface area contributed by atoms with Gasteiger partial charge in [0.1, 0.15) is 4.88 Å². The first-order valence-electron chi connectivity index (χ1n) is 8.40. The van der Waals surface area contributed by atoms with Gasteiger partial charge in [0.15, 0.2) is 0 Å². The van der Waals surface area contributed by atoms with Crippen molar-refractivity contribution in [1.82, 2.24) is 20.1 Å². The van der Waals surface area contributed by atoms with Crippen LogP contribution in [0.25, 0.3) is 0 Å². The molecule has 1 aliphatic heterocycles. The van der Waals surface area contributed by atoms with E-state index in [2.05, 4.69) is 50.4 Å². The number of benzene rings is 1. The van der Waals surface area contributed by atoms with Crippen LogP contribution in [-0.4, -0.2) is 60.0 Å². The molecule has 1 aromatic heterocycles. The van der Waals surface area contributed by atoms with Gasteiger partial charge in [-0.1, -0.05) is 30.3 Å². The summed E-state index contributed by atoms with van der Waals surface area (Å²) in [7, 11) is 0. The highest BCUT2D eigenvalue weighted by Crippen LogP contribution is 2.11. The van der Waals surface area contributed by atoms with Gasteiger partial charge in [0.2, 0.25) is 0 Å². The monoisotopic (exact) mass is 344 g/mol. The molecule has 2 aromatic rings. The fraction of sp³-hybridized carbons (Fsp3) is 0.444. The van der Waals surface area contributed by atoms with Crippen LogP contribution in [0, 0.1) is 6.92 Å². The molecule has 1 N–H and O–H groups in total. The fourth-order valence-corrected chi connectivity index (χ4v) is 3.59. The Hall–Kier alpha value is -1.76. The molecule has 0 atom stereocenters. The highest BCUT2D eigenvalue weighted by molar-refractivity contribution is 7.13. The van der Waals surface area contributed by atoms with Gasteiger partial charge in [-0.3, -0.25) is 14.6 Å². The third kappa shape index (κ3) is 4.87. The van der Waals surface area contributed by atoms with Gasteiger partial charge >= 0.3 is 0 Å². The molecule has 0 aliphatic carbocycles. The second-order valence-electron chi connectivity index (χ2n) is 6.10. The van der Waals surface area contributed by atoms with Crippen molar-refractivity contribution in [2.45, 2.75) is 13.5 Å². The minimum Gasteiger partial charge on any atom is -0.350 e. The normalized spacial score (nSPS) is 16.2. The summed E-state index contributed by atoms with van der Waals surface area (Å²) < 4.78 is 0. The average molecular weight is 344 g/mol. The van der Waals surface area contributed by atoms with Crippen LogP contribution in [0.2, 0.25) is 0 Å². The summed E-state index contributed by atoms with van der Waals surface area (Å²) >= 11 is 1.44. The third-order valence-electron chi connectivity index (χ3n) is 4.27. The van der Waals surface area contributed by atoms with E-state index in [1.54, 1.807) is 6.20 Å². The Balaban J connectivity index is 1.34. The number of carbonyl (C=O) groups excluding carboxylic acids is 1. The number of aryl methyl sites for hydroxylation is 1. The molecule has 6 heteroatoms. The third-order valence-corrected chi connectivity index (χ3v) is 5.18. The Morgan fingerprint density at radius 1 is 1.17 bits per heavy atom. The van der Waals surface area contributed by atoms with Crippen LogP contribution in [0.5, 0.6) is 0 Å². The summed E-state index contributed by atoms with van der Waals surface area (Å²) in [5, 5.41) is 3.91. The molecule has 128 valence electrons. The maximum atomic E-state index is 12.0. The van der Waals surface area contributed by atoms with Crippen molar-refractivity contribution < 1.29 is 4.79 Å². The first-order chi connectivity index (χ1) is 11.7. The maximum absolute atomic E-state index is 12.0. The predicted octanol–water partition coefficient (Wildman–Crippen LogP) is 2.00. The second-order valence-corrected chi connectivity index (χ2v) is 7.34. The molecule has 2 heterocycles. The molecule has 1 aromatic carbocycles. The lowest BCUT2D eigenvalue weighted by atomic mass is 10.2. The average Bonchev–Trinajstić information content (AvgIpc) is 3.04. The van der Waals surface area contributed by atoms with Crippen LogP contribution < -0.4 is 5.32 Å². The molecule has 0 bridgehead atoms. The fourth-order valence-electron chi connectivity index (χ4n) is 2.89. The molecule has 3 rings (SSSR count). The van der Waals surface area contributed by atoms with E-state index in [9.17, 15) is 4.79 Å². The van der Waals surface area contributed by atoms with Crippen molar-refractivity contribution in [2.24, 2.45) is 0 Å². The number of aromatic nitrogens is 1. The van der Waals surface area contributed by atoms with Crippen molar-refractivity contribution in [3.05, 3.63) is 52.0 Å². The van der Waals surface area contributed by atoms with E-state index in [-0.39, 0.29) is 5.91 Å². The summed E-state index contributed by atoms with van der Waals surface area (Å²) in [6, 6.07) is 10.6. The van der Waals surface area contributed by atoms with Gasteiger partial charge in [0.25, 0.3) is 5.91 Å². The van der Waals surface area contributed by atoms with Crippen molar-refractivity contribution in [2.75, 3.05) is 39.3 Å². The largest absolute Gasteiger partial charge is 0.350 e. The topological polar surface area (TPSA) is 48.5 Å². The standard InChI is InChI=1S/C18H24N4OS/c1-15-20-13-17(24-15)18(23)19-7-8-21-9-11-22(12-10-21)14-16-5-3-2-4-6-16/h2-6,13H,7-12,14H2,1H3,(H,19,23). The van der Waals surface area contributed by atoms with Crippen LogP contribution >= 0.6 is 11.3 Å². The van der Waals surface area contributed by atoms with Crippen LogP contribution in [-0.2, 0) is 6.54 Å². The Morgan fingerprint density at radius 3 is 2.54 bits per heavy atom. The molecule has 24 heavy (non-hydrogen) atoms. The summed E-state index contributed by atoms with van der Waals surface area (Å²) in [5.41, 5.74) is 1.37. The smallest absolute Gasteiger partial charge is 0.263 e. The number of nitrogens with one attached hydrogen (secondary N) is 1. The van der Waals surface area contributed by atoms with Gasteiger partial charge < -0.3 is 5.32 Å². The SMILES string of the molecule is Cc1ncc(C(=O)NCCN2CCN(Cc3ccccc3)CC2)s1. The Kier molecular flexibility index (Phi) is 5.96. The van der Waals surface area contributed by atoms with Crippen LogP contribution in [0.15, 0.2) is 36.5 Å². The second kappa shape index (κ2) is 8.37. The van der Waals surface area contributed by atoms with Crippen LogP contribution in [0.1, 0.15) is 20.2 Å². The zero-order valence-corrected chi connectivity index (χ0v) is 14.9. The molecule has 5 nitrogen and oxygen atoms in total. The minimum absolute atomic E-state index is 0.0108. The van der Waals surface area contributed by atoms with Gasteiger partial charge in [0, 0.05) is 45.8 Å². The zero-order chi connectivity index (χ0) is 16.8. The highest BCUT2D eigenvalue weighted by atomic mass is 32.1. The number of hydrogen-bond acceptors (Lipinski definition) is 5. The van der Waals surface area contributed by atoms with E-state index in [1.807, 2.05) is 6.92 Å². The van der Waals surface area contributed by atoms with Gasteiger partial charge in [-0.05, 0) is 12.5 Å². The Morgan fingerprint density at radius 2 is 1.88 bits per heavy atom. The Labute approximate surface area is 147 Å². The molecule has 0 spiro atoms. The molecular formula is C18H24N4OS. The molecule has 0 unspecified atom stereocenters. The lowest BCUT2D eigenvalue weighted by molar-refractivity contribution is 0.0938. The summed E-state index contributed by atoms with van der Waals surface area (Å²) in [5.74, 6) is -0.0108. The molecular weight excluding hydrogens is 320 g/mol. The number of piperazine rings is 1. The number of rotatable bonds is 6. The molecule has 1 aliphatic rings. The molecule has 1 amide bonds.